The van der Waals surface area contributed by atoms with Crippen molar-refractivity contribution in [2.24, 2.45) is 0 Å². The number of nitriles is 1. The molecule has 0 aliphatic carbocycles. The van der Waals surface area contributed by atoms with Gasteiger partial charge < -0.3 is 10.1 Å². The third kappa shape index (κ3) is 3.72. The van der Waals surface area contributed by atoms with E-state index in [1.54, 1.807) is 13.0 Å². The highest BCUT2D eigenvalue weighted by atomic mass is 16.5. The molecule has 9 heteroatoms. The molecule has 32 heavy (non-hydrogen) atoms. The first kappa shape index (κ1) is 19.9. The number of H-pyrrole nitrogens is 1. The van der Waals surface area contributed by atoms with Crippen molar-refractivity contribution in [1.82, 2.24) is 25.0 Å². The number of amides is 1. The lowest BCUT2D eigenvalue weighted by Crippen LogP contribution is -2.19. The third-order valence-electron chi connectivity index (χ3n) is 5.68. The van der Waals surface area contributed by atoms with E-state index in [-0.39, 0.29) is 11.6 Å². The van der Waals surface area contributed by atoms with Crippen LogP contribution in [0.5, 0.6) is 0 Å². The molecule has 160 valence electrons. The van der Waals surface area contributed by atoms with Crippen molar-refractivity contribution >= 4 is 22.5 Å². The summed E-state index contributed by atoms with van der Waals surface area (Å²) in [4.78, 5) is 16.9. The number of ether oxygens (including phenoxy) is 1. The van der Waals surface area contributed by atoms with E-state index in [0.29, 0.717) is 22.9 Å². The smallest absolute Gasteiger partial charge is 0.274 e. The maximum absolute atomic E-state index is 12.7. The second-order valence-corrected chi connectivity index (χ2v) is 7.84. The molecule has 0 unspecified atom stereocenters. The maximum atomic E-state index is 12.7. The molecule has 1 aliphatic rings. The fraction of sp³-hybridized carbons (Fsp3) is 0.261. The number of carbonyl (C=O) groups is 1. The number of benzene rings is 1. The number of hydrogen-bond acceptors (Lipinski definition) is 6. The molecule has 0 spiro atoms. The van der Waals surface area contributed by atoms with Gasteiger partial charge in [-0.25, -0.2) is 4.98 Å². The van der Waals surface area contributed by atoms with Gasteiger partial charge in [0.1, 0.15) is 17.5 Å². The molecule has 0 saturated carbocycles. The van der Waals surface area contributed by atoms with Crippen LogP contribution < -0.4 is 5.32 Å². The molecule has 1 aromatic carbocycles. The number of aromatic nitrogens is 5. The predicted molar refractivity (Wildman–Crippen MR) is 118 cm³/mol. The molecule has 0 atom stereocenters. The Kier molecular flexibility index (Phi) is 5.13. The van der Waals surface area contributed by atoms with Gasteiger partial charge in [0.05, 0.1) is 23.3 Å². The fourth-order valence-corrected chi connectivity index (χ4v) is 3.99. The van der Waals surface area contributed by atoms with Crippen molar-refractivity contribution in [3.8, 4) is 17.3 Å². The van der Waals surface area contributed by atoms with E-state index >= 15 is 0 Å². The Morgan fingerprint density at radius 3 is 2.91 bits per heavy atom. The van der Waals surface area contributed by atoms with Crippen molar-refractivity contribution in [1.29, 1.82) is 5.26 Å². The Labute approximate surface area is 184 Å². The lowest BCUT2D eigenvalue weighted by molar-refractivity contribution is 0.0662. The van der Waals surface area contributed by atoms with Crippen LogP contribution in [0.15, 0.2) is 42.9 Å². The van der Waals surface area contributed by atoms with Crippen molar-refractivity contribution < 1.29 is 9.53 Å². The first-order valence-electron chi connectivity index (χ1n) is 10.4. The van der Waals surface area contributed by atoms with Crippen molar-refractivity contribution in [2.75, 3.05) is 18.5 Å². The average Bonchev–Trinajstić information content (AvgIpc) is 3.46. The molecule has 0 radical (unpaired) electrons. The number of aryl methyl sites for hydroxylation is 1. The van der Waals surface area contributed by atoms with E-state index in [1.165, 1.54) is 6.20 Å². The SMILES string of the molecule is Cc1cc(C#N)cnc1C(=O)Nc1ccc2[nH]nc(-c3cnn(C4CCOCC4)c3)c2c1. The standard InChI is InChI=1S/C23H21N7O2/c1-14-8-15(10-24)11-25-21(14)23(31)27-17-2-3-20-19(9-17)22(29-28-20)16-12-26-30(13-16)18-4-6-32-7-5-18/h2-3,8-9,11-13,18H,4-7H2,1H3,(H,27,31)(H,28,29). The zero-order valence-corrected chi connectivity index (χ0v) is 17.5. The average molecular weight is 427 g/mol. The van der Waals surface area contributed by atoms with E-state index in [9.17, 15) is 4.79 Å². The van der Waals surface area contributed by atoms with Crippen LogP contribution in [0.25, 0.3) is 22.2 Å². The van der Waals surface area contributed by atoms with E-state index in [0.717, 1.165) is 48.2 Å². The molecule has 4 aromatic rings. The van der Waals surface area contributed by atoms with Crippen LogP contribution in [0.2, 0.25) is 0 Å². The highest BCUT2D eigenvalue weighted by molar-refractivity contribution is 6.05. The van der Waals surface area contributed by atoms with Crippen molar-refractivity contribution in [3.63, 3.8) is 0 Å². The molecule has 3 aromatic heterocycles. The zero-order chi connectivity index (χ0) is 22.1. The van der Waals surface area contributed by atoms with Crippen LogP contribution in [0.1, 0.15) is 40.5 Å². The summed E-state index contributed by atoms with van der Waals surface area (Å²) in [6, 6.07) is 9.59. The van der Waals surface area contributed by atoms with Crippen LogP contribution in [-0.2, 0) is 4.74 Å². The molecule has 1 amide bonds. The minimum atomic E-state index is -0.330. The summed E-state index contributed by atoms with van der Waals surface area (Å²) in [6.07, 6.45) is 7.12. The minimum Gasteiger partial charge on any atom is -0.381 e. The van der Waals surface area contributed by atoms with Crippen molar-refractivity contribution in [2.45, 2.75) is 25.8 Å². The number of aromatic amines is 1. The van der Waals surface area contributed by atoms with E-state index < -0.39 is 0 Å². The molecule has 1 saturated heterocycles. The van der Waals surface area contributed by atoms with E-state index in [2.05, 4.69) is 25.6 Å². The summed E-state index contributed by atoms with van der Waals surface area (Å²) < 4.78 is 7.43. The molecule has 4 heterocycles. The summed E-state index contributed by atoms with van der Waals surface area (Å²) >= 11 is 0. The Morgan fingerprint density at radius 2 is 2.12 bits per heavy atom. The number of nitrogens with zero attached hydrogens (tertiary/aromatic N) is 5. The molecule has 5 rings (SSSR count). The van der Waals surface area contributed by atoms with Gasteiger partial charge >= 0.3 is 0 Å². The minimum absolute atomic E-state index is 0.286. The number of rotatable bonds is 4. The Hall–Kier alpha value is -4.03. The number of nitrogens with one attached hydrogen (secondary N) is 2. The highest BCUT2D eigenvalue weighted by Crippen LogP contribution is 2.30. The van der Waals surface area contributed by atoms with Gasteiger partial charge in [0.2, 0.25) is 0 Å². The Balaban J connectivity index is 1.41. The third-order valence-corrected chi connectivity index (χ3v) is 5.68. The van der Waals surface area contributed by atoms with Gasteiger partial charge in [-0.3, -0.25) is 14.6 Å². The summed E-state index contributed by atoms with van der Waals surface area (Å²) in [6.45, 7) is 3.26. The molecule has 9 nitrogen and oxygen atoms in total. The fourth-order valence-electron chi connectivity index (χ4n) is 3.99. The van der Waals surface area contributed by atoms with Gasteiger partial charge in [-0.05, 0) is 49.6 Å². The molecule has 2 N–H and O–H groups in total. The van der Waals surface area contributed by atoms with Crippen LogP contribution in [0, 0.1) is 18.3 Å². The summed E-state index contributed by atoms with van der Waals surface area (Å²) in [5, 5.41) is 24.8. The summed E-state index contributed by atoms with van der Waals surface area (Å²) in [7, 11) is 0. The molecule has 1 fully saturated rings. The Morgan fingerprint density at radius 1 is 1.28 bits per heavy atom. The van der Waals surface area contributed by atoms with Crippen LogP contribution >= 0.6 is 0 Å². The molecule has 1 aliphatic heterocycles. The normalized spacial score (nSPS) is 14.4. The number of hydrogen-bond donors (Lipinski definition) is 2. The van der Waals surface area contributed by atoms with E-state index in [1.807, 2.05) is 41.3 Å². The number of pyridine rings is 1. The van der Waals surface area contributed by atoms with Gasteiger partial charge in [-0.15, -0.1) is 0 Å². The van der Waals surface area contributed by atoms with Gasteiger partial charge in [0.25, 0.3) is 5.91 Å². The quantitative estimate of drug-likeness (QED) is 0.513. The van der Waals surface area contributed by atoms with E-state index in [4.69, 9.17) is 10.00 Å². The number of carbonyl (C=O) groups excluding carboxylic acids is 1. The first-order chi connectivity index (χ1) is 15.6. The van der Waals surface area contributed by atoms with Crippen LogP contribution in [0.4, 0.5) is 5.69 Å². The van der Waals surface area contributed by atoms with Gasteiger partial charge in [-0.2, -0.15) is 15.5 Å². The van der Waals surface area contributed by atoms with Crippen LogP contribution in [0.3, 0.4) is 0 Å². The lowest BCUT2D eigenvalue weighted by Gasteiger charge is -2.22. The van der Waals surface area contributed by atoms with Gasteiger partial charge in [0.15, 0.2) is 0 Å². The second-order valence-electron chi connectivity index (χ2n) is 7.84. The number of fused-ring (bicyclic) bond motifs is 1. The lowest BCUT2D eigenvalue weighted by atomic mass is 10.1. The summed E-state index contributed by atoms with van der Waals surface area (Å²) in [5.41, 5.74) is 4.54. The predicted octanol–water partition coefficient (Wildman–Crippen LogP) is 3.61. The second kappa shape index (κ2) is 8.24. The van der Waals surface area contributed by atoms with Crippen LogP contribution in [-0.4, -0.2) is 44.1 Å². The largest absolute Gasteiger partial charge is 0.381 e. The maximum Gasteiger partial charge on any atom is 0.274 e. The molecular weight excluding hydrogens is 406 g/mol. The summed E-state index contributed by atoms with van der Waals surface area (Å²) in [5.74, 6) is -0.330. The van der Waals surface area contributed by atoms with Gasteiger partial charge in [-0.1, -0.05) is 0 Å². The first-order valence-corrected chi connectivity index (χ1v) is 10.4. The topological polar surface area (TPSA) is 122 Å². The molecule has 0 bridgehead atoms. The number of anilines is 1. The zero-order valence-electron chi connectivity index (χ0n) is 17.5. The monoisotopic (exact) mass is 427 g/mol. The van der Waals surface area contributed by atoms with Gasteiger partial charge in [0, 0.05) is 42.2 Å². The molecular formula is C23H21N7O2. The Bertz CT molecular complexity index is 1340. The highest BCUT2D eigenvalue weighted by Gasteiger charge is 2.19. The van der Waals surface area contributed by atoms with Crippen molar-refractivity contribution in [3.05, 3.63) is 59.7 Å².